The number of alkyl halides is 3. The van der Waals surface area contributed by atoms with Gasteiger partial charge in [0.15, 0.2) is 0 Å². The van der Waals surface area contributed by atoms with Gasteiger partial charge in [-0.15, -0.1) is 0 Å². The number of sulfonamides is 1. The lowest BCUT2D eigenvalue weighted by Gasteiger charge is -2.23. The summed E-state index contributed by atoms with van der Waals surface area (Å²) in [6.45, 7) is 0.526. The molecule has 0 heterocycles. The zero-order valence-electron chi connectivity index (χ0n) is 11.3. The Morgan fingerprint density at radius 2 is 1.90 bits per heavy atom. The summed E-state index contributed by atoms with van der Waals surface area (Å²) in [6.07, 6.45) is -4.68. The summed E-state index contributed by atoms with van der Waals surface area (Å²) in [4.78, 5) is 10.5. The molecule has 0 amide bonds. The first-order chi connectivity index (χ1) is 9.50. The predicted molar refractivity (Wildman–Crippen MR) is 68.6 cm³/mol. The average molecular weight is 325 g/mol. The van der Waals surface area contributed by atoms with Gasteiger partial charge in [0.05, 0.1) is 10.5 Å². The minimum absolute atomic E-state index is 0.0920. The second-order valence-electron chi connectivity index (χ2n) is 4.28. The highest BCUT2D eigenvalue weighted by Crippen LogP contribution is 2.26. The van der Waals surface area contributed by atoms with Crippen molar-refractivity contribution >= 4 is 16.0 Å². The molecule has 1 aromatic carbocycles. The molecule has 5 nitrogen and oxygen atoms in total. The highest BCUT2D eigenvalue weighted by atomic mass is 32.2. The fourth-order valence-corrected chi connectivity index (χ4v) is 3.51. The van der Waals surface area contributed by atoms with Crippen LogP contribution in [0.15, 0.2) is 23.1 Å². The van der Waals surface area contributed by atoms with Crippen molar-refractivity contribution in [3.8, 4) is 0 Å². The molecule has 1 N–H and O–H groups in total. The van der Waals surface area contributed by atoms with E-state index in [1.54, 1.807) is 0 Å². The van der Waals surface area contributed by atoms with Crippen molar-refractivity contribution < 1.29 is 31.5 Å². The van der Waals surface area contributed by atoms with E-state index in [4.69, 9.17) is 5.11 Å². The molecule has 21 heavy (non-hydrogen) atoms. The molecule has 9 heteroatoms. The lowest BCUT2D eigenvalue weighted by molar-refractivity contribution is -0.135. The van der Waals surface area contributed by atoms with Gasteiger partial charge in [0, 0.05) is 6.54 Å². The van der Waals surface area contributed by atoms with Gasteiger partial charge in [0.2, 0.25) is 10.0 Å². The third-order valence-electron chi connectivity index (χ3n) is 2.84. The van der Waals surface area contributed by atoms with E-state index in [0.29, 0.717) is 0 Å². The van der Waals surface area contributed by atoms with Gasteiger partial charge in [-0.2, -0.15) is 17.5 Å². The van der Waals surface area contributed by atoms with Crippen molar-refractivity contribution in [3.63, 3.8) is 0 Å². The number of carboxylic acid groups (broad SMARTS) is 1. The van der Waals surface area contributed by atoms with Crippen LogP contribution < -0.4 is 0 Å². The van der Waals surface area contributed by atoms with Gasteiger partial charge in [-0.3, -0.25) is 0 Å². The number of hydrogen-bond donors (Lipinski definition) is 1. The Hall–Kier alpha value is -1.61. The monoisotopic (exact) mass is 325 g/mol. The molecular weight excluding hydrogens is 311 g/mol. The molecule has 1 rings (SSSR count). The SMILES string of the molecule is CCN(CC(F)(F)F)S(=O)(=O)c1cccc(C(=O)O)c1C. The Morgan fingerprint density at radius 1 is 1.33 bits per heavy atom. The van der Waals surface area contributed by atoms with Crippen LogP contribution in [-0.4, -0.2) is 43.1 Å². The van der Waals surface area contributed by atoms with E-state index < -0.39 is 33.6 Å². The first-order valence-corrected chi connectivity index (χ1v) is 7.34. The van der Waals surface area contributed by atoms with Crippen LogP contribution in [0.5, 0.6) is 0 Å². The van der Waals surface area contributed by atoms with E-state index in [-0.39, 0.29) is 22.0 Å². The summed E-state index contributed by atoms with van der Waals surface area (Å²) < 4.78 is 62.1. The van der Waals surface area contributed by atoms with Gasteiger partial charge in [0.1, 0.15) is 6.54 Å². The molecule has 0 spiro atoms. The number of aromatic carboxylic acids is 1. The highest BCUT2D eigenvalue weighted by Gasteiger charge is 2.37. The molecule has 0 fully saturated rings. The summed E-state index contributed by atoms with van der Waals surface area (Å²) >= 11 is 0. The topological polar surface area (TPSA) is 74.7 Å². The molecule has 0 atom stereocenters. The van der Waals surface area contributed by atoms with Crippen molar-refractivity contribution in [2.75, 3.05) is 13.1 Å². The van der Waals surface area contributed by atoms with Gasteiger partial charge in [-0.25, -0.2) is 13.2 Å². The summed E-state index contributed by atoms with van der Waals surface area (Å²) in [5.41, 5.74) is -0.357. The van der Waals surface area contributed by atoms with Gasteiger partial charge in [-0.1, -0.05) is 13.0 Å². The maximum Gasteiger partial charge on any atom is 0.402 e. The molecule has 0 bridgehead atoms. The minimum atomic E-state index is -4.68. The first-order valence-electron chi connectivity index (χ1n) is 5.90. The van der Waals surface area contributed by atoms with Crippen molar-refractivity contribution in [2.24, 2.45) is 0 Å². The zero-order valence-corrected chi connectivity index (χ0v) is 12.1. The number of halogens is 3. The second-order valence-corrected chi connectivity index (χ2v) is 6.19. The second kappa shape index (κ2) is 6.02. The standard InChI is InChI=1S/C12H14F3NO4S/c1-3-16(7-12(13,14)15)21(19,20)10-6-4-5-9(8(10)2)11(17)18/h4-6H,3,7H2,1-2H3,(H,17,18). The van der Waals surface area contributed by atoms with Crippen LogP contribution in [-0.2, 0) is 10.0 Å². The molecule has 0 aromatic heterocycles. The quantitative estimate of drug-likeness (QED) is 0.901. The maximum atomic E-state index is 12.4. The Bertz CT molecular complexity index is 640. The van der Waals surface area contributed by atoms with Crippen molar-refractivity contribution in [1.82, 2.24) is 4.31 Å². The van der Waals surface area contributed by atoms with E-state index in [2.05, 4.69) is 0 Å². The number of hydrogen-bond acceptors (Lipinski definition) is 3. The lowest BCUT2D eigenvalue weighted by atomic mass is 10.1. The molecule has 0 aliphatic heterocycles. The van der Waals surface area contributed by atoms with Gasteiger partial charge >= 0.3 is 12.1 Å². The minimum Gasteiger partial charge on any atom is -0.478 e. The number of nitrogens with zero attached hydrogens (tertiary/aromatic N) is 1. The van der Waals surface area contributed by atoms with E-state index in [0.717, 1.165) is 6.07 Å². The number of carboxylic acids is 1. The van der Waals surface area contributed by atoms with Crippen molar-refractivity contribution in [1.29, 1.82) is 0 Å². The molecule has 0 saturated carbocycles. The van der Waals surface area contributed by atoms with E-state index >= 15 is 0 Å². The van der Waals surface area contributed by atoms with E-state index in [9.17, 15) is 26.4 Å². The largest absolute Gasteiger partial charge is 0.478 e. The fourth-order valence-electron chi connectivity index (χ4n) is 1.83. The van der Waals surface area contributed by atoms with Crippen LogP contribution in [0.4, 0.5) is 13.2 Å². The predicted octanol–water partition coefficient (Wildman–Crippen LogP) is 2.27. The molecule has 0 saturated heterocycles. The Balaban J connectivity index is 3.36. The molecule has 0 unspecified atom stereocenters. The number of benzene rings is 1. The third kappa shape index (κ3) is 3.94. The first kappa shape index (κ1) is 17.4. The third-order valence-corrected chi connectivity index (χ3v) is 4.91. The zero-order chi connectivity index (χ0) is 16.4. The van der Waals surface area contributed by atoms with Gasteiger partial charge in [-0.05, 0) is 24.6 Å². The van der Waals surface area contributed by atoms with Crippen LogP contribution in [0.2, 0.25) is 0 Å². The normalized spacial score (nSPS) is 12.7. The van der Waals surface area contributed by atoms with Crippen molar-refractivity contribution in [2.45, 2.75) is 24.9 Å². The van der Waals surface area contributed by atoms with Crippen LogP contribution in [0.3, 0.4) is 0 Å². The van der Waals surface area contributed by atoms with Crippen LogP contribution in [0.1, 0.15) is 22.8 Å². The summed E-state index contributed by atoms with van der Waals surface area (Å²) in [7, 11) is -4.42. The Labute approximate surface area is 120 Å². The summed E-state index contributed by atoms with van der Waals surface area (Å²) in [5.74, 6) is -1.34. The van der Waals surface area contributed by atoms with Crippen molar-refractivity contribution in [3.05, 3.63) is 29.3 Å². The van der Waals surface area contributed by atoms with E-state index in [1.807, 2.05) is 0 Å². The number of carbonyl (C=O) groups is 1. The Morgan fingerprint density at radius 3 is 2.33 bits per heavy atom. The smallest absolute Gasteiger partial charge is 0.402 e. The molecule has 0 aliphatic rings. The van der Waals surface area contributed by atoms with Crippen LogP contribution >= 0.6 is 0 Å². The van der Waals surface area contributed by atoms with Crippen LogP contribution in [0.25, 0.3) is 0 Å². The molecule has 118 valence electrons. The summed E-state index contributed by atoms with van der Waals surface area (Å²) in [5, 5.41) is 8.95. The molecule has 1 aromatic rings. The highest BCUT2D eigenvalue weighted by molar-refractivity contribution is 7.89. The number of rotatable bonds is 5. The molecule has 0 aliphatic carbocycles. The van der Waals surface area contributed by atoms with Crippen LogP contribution in [0, 0.1) is 6.92 Å². The molecular formula is C12H14F3NO4S. The average Bonchev–Trinajstić information content (AvgIpc) is 2.34. The lowest BCUT2D eigenvalue weighted by Crippen LogP contribution is -2.39. The van der Waals surface area contributed by atoms with E-state index in [1.165, 1.54) is 26.0 Å². The molecule has 0 radical (unpaired) electrons. The fraction of sp³-hybridized carbons (Fsp3) is 0.417. The Kier molecular flexibility index (Phi) is 5.00. The maximum absolute atomic E-state index is 12.4. The summed E-state index contributed by atoms with van der Waals surface area (Å²) in [6, 6.07) is 3.47. The van der Waals surface area contributed by atoms with Gasteiger partial charge in [0.25, 0.3) is 0 Å². The van der Waals surface area contributed by atoms with Gasteiger partial charge < -0.3 is 5.11 Å².